The fraction of sp³-hybridized carbons (Fsp3) is 0.267. The summed E-state index contributed by atoms with van der Waals surface area (Å²) in [6, 6.07) is 11.0. The van der Waals surface area contributed by atoms with Gasteiger partial charge in [0.2, 0.25) is 0 Å². The van der Waals surface area contributed by atoms with Gasteiger partial charge in [-0.1, -0.05) is 6.07 Å². The van der Waals surface area contributed by atoms with Crippen molar-refractivity contribution in [1.29, 1.82) is 0 Å². The van der Waals surface area contributed by atoms with Crippen LogP contribution in [-0.2, 0) is 11.3 Å². The zero-order valence-electron chi connectivity index (χ0n) is 11.0. The largest absolute Gasteiger partial charge is 0.497 e. The SMILES string of the molecule is COc1ccc(C(=O)C(C)OCc2cccs2)cc1. The molecule has 0 amide bonds. The summed E-state index contributed by atoms with van der Waals surface area (Å²) < 4.78 is 10.7. The van der Waals surface area contributed by atoms with Crippen molar-refractivity contribution in [3.8, 4) is 5.75 Å². The van der Waals surface area contributed by atoms with E-state index in [4.69, 9.17) is 9.47 Å². The van der Waals surface area contributed by atoms with Crippen LogP contribution >= 0.6 is 11.3 Å². The summed E-state index contributed by atoms with van der Waals surface area (Å²) in [7, 11) is 1.60. The molecule has 0 bridgehead atoms. The van der Waals surface area contributed by atoms with Crippen LogP contribution in [0, 0.1) is 0 Å². The minimum atomic E-state index is -0.449. The highest BCUT2D eigenvalue weighted by molar-refractivity contribution is 7.09. The van der Waals surface area contributed by atoms with Crippen LogP contribution in [0.1, 0.15) is 22.2 Å². The van der Waals surface area contributed by atoms with Gasteiger partial charge in [0, 0.05) is 10.4 Å². The molecule has 0 saturated heterocycles. The van der Waals surface area contributed by atoms with Gasteiger partial charge in [0.05, 0.1) is 13.7 Å². The maximum absolute atomic E-state index is 12.1. The second kappa shape index (κ2) is 6.50. The first kappa shape index (κ1) is 13.8. The Hall–Kier alpha value is -1.65. The highest BCUT2D eigenvalue weighted by Crippen LogP contribution is 2.15. The molecule has 0 radical (unpaired) electrons. The van der Waals surface area contributed by atoms with E-state index in [1.807, 2.05) is 17.5 Å². The number of hydrogen-bond acceptors (Lipinski definition) is 4. The predicted molar refractivity (Wildman–Crippen MR) is 75.9 cm³/mol. The summed E-state index contributed by atoms with van der Waals surface area (Å²) in [5.41, 5.74) is 0.638. The third-order valence-electron chi connectivity index (χ3n) is 2.80. The average Bonchev–Trinajstić information content (AvgIpc) is 2.97. The van der Waals surface area contributed by atoms with E-state index < -0.39 is 6.10 Å². The van der Waals surface area contributed by atoms with Crippen LogP contribution in [-0.4, -0.2) is 19.0 Å². The Morgan fingerprint density at radius 1 is 1.26 bits per heavy atom. The van der Waals surface area contributed by atoms with Gasteiger partial charge in [0.15, 0.2) is 5.78 Å². The first-order chi connectivity index (χ1) is 9.20. The van der Waals surface area contributed by atoms with Crippen molar-refractivity contribution >= 4 is 17.1 Å². The van der Waals surface area contributed by atoms with E-state index in [9.17, 15) is 4.79 Å². The average molecular weight is 276 g/mol. The van der Waals surface area contributed by atoms with Crippen LogP contribution in [0.2, 0.25) is 0 Å². The molecule has 100 valence electrons. The highest BCUT2D eigenvalue weighted by Gasteiger charge is 2.15. The van der Waals surface area contributed by atoms with E-state index in [1.165, 1.54) is 0 Å². The lowest BCUT2D eigenvalue weighted by Crippen LogP contribution is -2.20. The van der Waals surface area contributed by atoms with Crippen molar-refractivity contribution in [3.63, 3.8) is 0 Å². The fourth-order valence-electron chi connectivity index (χ4n) is 1.67. The Kier molecular flexibility index (Phi) is 4.71. The number of benzene rings is 1. The van der Waals surface area contributed by atoms with Gasteiger partial charge in [-0.05, 0) is 42.6 Å². The van der Waals surface area contributed by atoms with Gasteiger partial charge in [0.25, 0.3) is 0 Å². The molecule has 1 heterocycles. The predicted octanol–water partition coefficient (Wildman–Crippen LogP) is 3.54. The smallest absolute Gasteiger partial charge is 0.191 e. The summed E-state index contributed by atoms with van der Waals surface area (Å²) in [6.45, 7) is 2.25. The molecule has 0 aliphatic heterocycles. The molecule has 0 saturated carbocycles. The van der Waals surface area contributed by atoms with Gasteiger partial charge >= 0.3 is 0 Å². The quantitative estimate of drug-likeness (QED) is 0.757. The molecule has 19 heavy (non-hydrogen) atoms. The van der Waals surface area contributed by atoms with E-state index >= 15 is 0 Å². The minimum absolute atomic E-state index is 0.0146. The number of Topliss-reactive ketones (excluding diaryl/α,β-unsaturated/α-hetero) is 1. The first-order valence-electron chi connectivity index (χ1n) is 6.03. The molecule has 1 aromatic heterocycles. The molecular formula is C15H16O3S. The fourth-order valence-corrected chi connectivity index (χ4v) is 2.29. The van der Waals surface area contributed by atoms with E-state index in [0.717, 1.165) is 10.6 Å². The maximum atomic E-state index is 12.1. The van der Waals surface area contributed by atoms with Crippen molar-refractivity contribution < 1.29 is 14.3 Å². The Morgan fingerprint density at radius 3 is 2.58 bits per heavy atom. The van der Waals surface area contributed by atoms with Crippen molar-refractivity contribution in [2.24, 2.45) is 0 Å². The summed E-state index contributed by atoms with van der Waals surface area (Å²) in [4.78, 5) is 13.3. The van der Waals surface area contributed by atoms with Crippen LogP contribution in [0.25, 0.3) is 0 Å². The topological polar surface area (TPSA) is 35.5 Å². The lowest BCUT2D eigenvalue weighted by atomic mass is 10.1. The molecule has 0 N–H and O–H groups in total. The molecule has 0 spiro atoms. The van der Waals surface area contributed by atoms with E-state index in [-0.39, 0.29) is 5.78 Å². The Labute approximate surface area is 116 Å². The van der Waals surface area contributed by atoms with Crippen molar-refractivity contribution in [2.45, 2.75) is 19.6 Å². The van der Waals surface area contributed by atoms with Crippen LogP contribution in [0.4, 0.5) is 0 Å². The molecule has 1 atom stereocenters. The number of rotatable bonds is 6. The standard InChI is InChI=1S/C15H16O3S/c1-11(18-10-14-4-3-9-19-14)15(16)12-5-7-13(17-2)8-6-12/h3-9,11H,10H2,1-2H3. The van der Waals surface area contributed by atoms with Gasteiger partial charge in [-0.25, -0.2) is 0 Å². The molecule has 1 unspecified atom stereocenters. The van der Waals surface area contributed by atoms with Crippen LogP contribution in [0.5, 0.6) is 5.75 Å². The Morgan fingerprint density at radius 2 is 2.00 bits per heavy atom. The zero-order valence-corrected chi connectivity index (χ0v) is 11.8. The summed E-state index contributed by atoms with van der Waals surface area (Å²) in [6.07, 6.45) is -0.449. The van der Waals surface area contributed by atoms with Gasteiger partial charge in [-0.2, -0.15) is 0 Å². The van der Waals surface area contributed by atoms with Gasteiger partial charge in [0.1, 0.15) is 11.9 Å². The van der Waals surface area contributed by atoms with E-state index in [1.54, 1.807) is 49.6 Å². The van der Waals surface area contributed by atoms with Crippen molar-refractivity contribution in [3.05, 3.63) is 52.2 Å². The van der Waals surface area contributed by atoms with E-state index in [0.29, 0.717) is 12.2 Å². The number of ether oxygens (including phenoxy) is 2. The number of methoxy groups -OCH3 is 1. The minimum Gasteiger partial charge on any atom is -0.497 e. The first-order valence-corrected chi connectivity index (χ1v) is 6.91. The molecule has 0 fully saturated rings. The highest BCUT2D eigenvalue weighted by atomic mass is 32.1. The van der Waals surface area contributed by atoms with Crippen molar-refractivity contribution in [2.75, 3.05) is 7.11 Å². The van der Waals surface area contributed by atoms with Crippen LogP contribution < -0.4 is 4.74 Å². The van der Waals surface area contributed by atoms with Crippen LogP contribution in [0.3, 0.4) is 0 Å². The molecule has 1 aromatic carbocycles. The summed E-state index contributed by atoms with van der Waals surface area (Å²) in [5, 5.41) is 1.99. The zero-order chi connectivity index (χ0) is 13.7. The van der Waals surface area contributed by atoms with E-state index in [2.05, 4.69) is 0 Å². The van der Waals surface area contributed by atoms with Gasteiger partial charge in [-0.3, -0.25) is 4.79 Å². The molecule has 3 nitrogen and oxygen atoms in total. The molecular weight excluding hydrogens is 260 g/mol. The second-order valence-electron chi connectivity index (χ2n) is 4.13. The third kappa shape index (κ3) is 3.66. The van der Waals surface area contributed by atoms with Crippen LogP contribution in [0.15, 0.2) is 41.8 Å². The number of hydrogen-bond donors (Lipinski definition) is 0. The van der Waals surface area contributed by atoms with Gasteiger partial charge < -0.3 is 9.47 Å². The summed E-state index contributed by atoms with van der Waals surface area (Å²) >= 11 is 1.62. The lowest BCUT2D eigenvalue weighted by Gasteiger charge is -2.11. The number of thiophene rings is 1. The number of carbonyl (C=O) groups is 1. The molecule has 2 rings (SSSR count). The van der Waals surface area contributed by atoms with Crippen molar-refractivity contribution in [1.82, 2.24) is 0 Å². The molecule has 0 aliphatic carbocycles. The maximum Gasteiger partial charge on any atom is 0.191 e. The monoisotopic (exact) mass is 276 g/mol. The Balaban J connectivity index is 1.94. The number of carbonyl (C=O) groups excluding carboxylic acids is 1. The third-order valence-corrected chi connectivity index (χ3v) is 3.65. The van der Waals surface area contributed by atoms with Gasteiger partial charge in [-0.15, -0.1) is 11.3 Å². The molecule has 2 aromatic rings. The Bertz CT molecular complexity index is 517. The normalized spacial score (nSPS) is 12.1. The molecule has 0 aliphatic rings. The summed E-state index contributed by atoms with van der Waals surface area (Å²) in [5.74, 6) is 0.725. The lowest BCUT2D eigenvalue weighted by molar-refractivity contribution is 0.0420. The number of ketones is 1. The molecule has 4 heteroatoms. The second-order valence-corrected chi connectivity index (χ2v) is 5.16.